The Hall–Kier alpha value is -3.18. The van der Waals surface area contributed by atoms with Crippen LogP contribution in [-0.2, 0) is 12.6 Å². The van der Waals surface area contributed by atoms with Gasteiger partial charge in [-0.15, -0.1) is 11.3 Å². The highest BCUT2D eigenvalue weighted by Gasteiger charge is 2.34. The second-order valence-electron chi connectivity index (χ2n) is 10.3. The van der Waals surface area contributed by atoms with Crippen molar-refractivity contribution in [2.24, 2.45) is 5.41 Å². The summed E-state index contributed by atoms with van der Waals surface area (Å²) >= 11 is 1.64. The number of hydrogen-bond acceptors (Lipinski definition) is 2. The molecule has 0 radical (unpaired) electrons. The fraction of sp³-hybridized carbons (Fsp3) is 0.233. The van der Waals surface area contributed by atoms with E-state index in [9.17, 15) is 13.2 Å². The van der Waals surface area contributed by atoms with Gasteiger partial charge in [0.2, 0.25) is 0 Å². The Morgan fingerprint density at radius 3 is 2.23 bits per heavy atom. The number of halogens is 3. The molecule has 0 aliphatic heterocycles. The molecule has 0 saturated carbocycles. The number of nitrogens with zero attached hydrogens (tertiary/aromatic N) is 1. The summed E-state index contributed by atoms with van der Waals surface area (Å²) in [5.74, 6) is 0. The molecule has 0 aliphatic carbocycles. The van der Waals surface area contributed by atoms with E-state index in [4.69, 9.17) is 0 Å². The van der Waals surface area contributed by atoms with Crippen LogP contribution in [0.4, 0.5) is 13.2 Å². The number of hydrogen-bond donors (Lipinski definition) is 0. The third-order valence-electron chi connectivity index (χ3n) is 6.14. The first-order chi connectivity index (χ1) is 16.5. The highest BCUT2D eigenvalue weighted by Crippen LogP contribution is 2.42. The number of benzene rings is 3. The van der Waals surface area contributed by atoms with E-state index in [1.807, 2.05) is 43.3 Å². The van der Waals surface area contributed by atoms with Gasteiger partial charge in [0.1, 0.15) is 0 Å². The number of thiophene rings is 1. The van der Waals surface area contributed by atoms with Crippen LogP contribution >= 0.6 is 11.3 Å². The van der Waals surface area contributed by atoms with E-state index in [0.717, 1.165) is 49.5 Å². The molecule has 35 heavy (non-hydrogen) atoms. The number of aryl methyl sites for hydroxylation is 1. The zero-order valence-electron chi connectivity index (χ0n) is 20.1. The van der Waals surface area contributed by atoms with E-state index in [-0.39, 0.29) is 11.0 Å². The first-order valence-electron chi connectivity index (χ1n) is 11.6. The molecule has 0 aliphatic rings. The van der Waals surface area contributed by atoms with Crippen molar-refractivity contribution in [3.8, 4) is 22.4 Å². The van der Waals surface area contributed by atoms with Crippen LogP contribution in [0.5, 0.6) is 0 Å². The summed E-state index contributed by atoms with van der Waals surface area (Å²) in [4.78, 5) is 5.47. The lowest BCUT2D eigenvalue weighted by atomic mass is 9.87. The Labute approximate surface area is 207 Å². The number of alkyl halides is 3. The van der Waals surface area contributed by atoms with E-state index < -0.39 is 11.7 Å². The molecule has 0 spiro atoms. The minimum Gasteiger partial charge on any atom is -0.256 e. The van der Waals surface area contributed by atoms with Crippen molar-refractivity contribution >= 4 is 32.2 Å². The maximum absolute atomic E-state index is 14.0. The van der Waals surface area contributed by atoms with Crippen molar-refractivity contribution < 1.29 is 13.2 Å². The molecule has 5 rings (SSSR count). The van der Waals surface area contributed by atoms with Crippen LogP contribution in [0, 0.1) is 12.3 Å². The molecule has 0 bridgehead atoms. The summed E-state index contributed by atoms with van der Waals surface area (Å²) in [5.41, 5.74) is 2.58. The maximum atomic E-state index is 14.0. The topological polar surface area (TPSA) is 12.9 Å². The molecule has 0 saturated heterocycles. The molecule has 0 atom stereocenters. The summed E-state index contributed by atoms with van der Waals surface area (Å²) < 4.78 is 43.0. The predicted octanol–water partition coefficient (Wildman–Crippen LogP) is 9.70. The molecule has 5 heteroatoms. The maximum Gasteiger partial charge on any atom is 0.418 e. The second-order valence-corrected chi connectivity index (χ2v) is 11.5. The largest absolute Gasteiger partial charge is 0.418 e. The summed E-state index contributed by atoms with van der Waals surface area (Å²) in [5, 5.41) is 3.29. The monoisotopic (exact) mass is 489 g/mol. The molecule has 2 aromatic heterocycles. The molecule has 0 fully saturated rings. The number of fused-ring (bicyclic) bond motifs is 3. The standard InChI is InChI=1S/C30H26F3NS/c1-18-13-24-22-8-6-5-7-21(22)14-25(28(24)35-18)27-15-23(26(17-34-27)30(31,32)33)20-11-9-19(10-12-20)16-29(2,3)4/h5-15,17H,16H2,1-4H3. The molecule has 0 amide bonds. The minimum atomic E-state index is -4.50. The first kappa shape index (κ1) is 23.6. The first-order valence-corrected chi connectivity index (χ1v) is 12.4. The molecule has 0 unspecified atom stereocenters. The van der Waals surface area contributed by atoms with E-state index in [1.165, 1.54) is 0 Å². The van der Waals surface area contributed by atoms with E-state index >= 15 is 0 Å². The lowest BCUT2D eigenvalue weighted by molar-refractivity contribution is -0.137. The van der Waals surface area contributed by atoms with Crippen LogP contribution in [0.1, 0.15) is 36.8 Å². The molecule has 3 aromatic carbocycles. The molecular weight excluding hydrogens is 463 g/mol. The molecule has 0 N–H and O–H groups in total. The van der Waals surface area contributed by atoms with Crippen molar-refractivity contribution in [1.82, 2.24) is 4.98 Å². The average molecular weight is 490 g/mol. The van der Waals surface area contributed by atoms with E-state index in [1.54, 1.807) is 29.5 Å². The van der Waals surface area contributed by atoms with Gasteiger partial charge in [0, 0.05) is 26.7 Å². The van der Waals surface area contributed by atoms with Gasteiger partial charge in [0.05, 0.1) is 11.3 Å². The molecule has 1 nitrogen and oxygen atoms in total. The zero-order valence-corrected chi connectivity index (χ0v) is 20.9. The van der Waals surface area contributed by atoms with Gasteiger partial charge >= 0.3 is 6.18 Å². The van der Waals surface area contributed by atoms with Crippen LogP contribution < -0.4 is 0 Å². The van der Waals surface area contributed by atoms with Gasteiger partial charge in [-0.2, -0.15) is 13.2 Å². The fourth-order valence-corrected chi connectivity index (χ4v) is 5.73. The molecule has 5 aromatic rings. The van der Waals surface area contributed by atoms with Crippen molar-refractivity contribution in [2.45, 2.75) is 40.3 Å². The van der Waals surface area contributed by atoms with Crippen molar-refractivity contribution in [3.63, 3.8) is 0 Å². The Kier molecular flexibility index (Phi) is 5.71. The van der Waals surface area contributed by atoms with Gasteiger partial charge in [-0.25, -0.2) is 0 Å². The van der Waals surface area contributed by atoms with Crippen LogP contribution in [0.2, 0.25) is 0 Å². The Morgan fingerprint density at radius 2 is 1.54 bits per heavy atom. The van der Waals surface area contributed by atoms with Crippen LogP contribution in [0.15, 0.2) is 72.9 Å². The Bertz CT molecular complexity index is 1540. The summed E-state index contributed by atoms with van der Waals surface area (Å²) in [6.07, 6.45) is -2.66. The van der Waals surface area contributed by atoms with Crippen LogP contribution in [0.3, 0.4) is 0 Å². The minimum absolute atomic E-state index is 0.1000. The smallest absolute Gasteiger partial charge is 0.256 e. The van der Waals surface area contributed by atoms with Gasteiger partial charge in [0.15, 0.2) is 0 Å². The molecule has 178 valence electrons. The third-order valence-corrected chi connectivity index (χ3v) is 7.22. The molecular formula is C30H26F3NS. The molecule has 2 heterocycles. The predicted molar refractivity (Wildman–Crippen MR) is 141 cm³/mol. The number of aromatic nitrogens is 1. The number of pyridine rings is 1. The van der Waals surface area contributed by atoms with Gasteiger partial charge in [-0.05, 0) is 64.4 Å². The third kappa shape index (κ3) is 4.70. The fourth-order valence-electron chi connectivity index (χ4n) is 4.68. The van der Waals surface area contributed by atoms with Gasteiger partial charge in [-0.1, -0.05) is 69.3 Å². The van der Waals surface area contributed by atoms with Crippen molar-refractivity contribution in [3.05, 3.63) is 88.9 Å². The van der Waals surface area contributed by atoms with Crippen molar-refractivity contribution in [2.75, 3.05) is 0 Å². The van der Waals surface area contributed by atoms with Gasteiger partial charge in [0.25, 0.3) is 0 Å². The lowest BCUT2D eigenvalue weighted by Gasteiger charge is -2.19. The highest BCUT2D eigenvalue weighted by molar-refractivity contribution is 7.19. The Balaban J connectivity index is 1.70. The SMILES string of the molecule is Cc1cc2c(s1)c(-c1cc(-c3ccc(CC(C)(C)C)cc3)c(C(F)(F)F)cn1)cc1ccccc12. The van der Waals surface area contributed by atoms with Gasteiger partial charge < -0.3 is 0 Å². The van der Waals surface area contributed by atoms with E-state index in [2.05, 4.69) is 37.9 Å². The Morgan fingerprint density at radius 1 is 0.829 bits per heavy atom. The summed E-state index contributed by atoms with van der Waals surface area (Å²) in [6.45, 7) is 8.49. The van der Waals surface area contributed by atoms with E-state index in [0.29, 0.717) is 11.3 Å². The number of rotatable bonds is 3. The van der Waals surface area contributed by atoms with Crippen LogP contribution in [-0.4, -0.2) is 4.98 Å². The van der Waals surface area contributed by atoms with Crippen molar-refractivity contribution in [1.29, 1.82) is 0 Å². The van der Waals surface area contributed by atoms with Gasteiger partial charge in [-0.3, -0.25) is 4.98 Å². The zero-order chi connectivity index (χ0) is 25.0. The average Bonchev–Trinajstić information content (AvgIpc) is 3.18. The quantitative estimate of drug-likeness (QED) is 0.246. The summed E-state index contributed by atoms with van der Waals surface area (Å²) in [6, 6.07) is 21.3. The van der Waals surface area contributed by atoms with Crippen LogP contribution in [0.25, 0.3) is 43.2 Å². The normalized spacial score (nSPS) is 12.5. The highest BCUT2D eigenvalue weighted by atomic mass is 32.1. The second kappa shape index (κ2) is 8.49. The summed E-state index contributed by atoms with van der Waals surface area (Å²) in [7, 11) is 0. The lowest BCUT2D eigenvalue weighted by Crippen LogP contribution is -2.09.